The number of nitrogens with zero attached hydrogens (tertiary/aromatic N) is 2. The van der Waals surface area contributed by atoms with Crippen molar-refractivity contribution < 1.29 is 14.4 Å². The summed E-state index contributed by atoms with van der Waals surface area (Å²) in [6.07, 6.45) is 0.572. The van der Waals surface area contributed by atoms with E-state index in [0.29, 0.717) is 19.4 Å². The molecule has 0 saturated carbocycles. The molecule has 72 valence electrons. The molecule has 0 atom stereocenters. The first-order valence-electron chi connectivity index (χ1n) is 3.91. The minimum Gasteiger partial charge on any atom is -0.331 e. The van der Waals surface area contributed by atoms with Crippen LogP contribution in [0.15, 0.2) is 0 Å². The molecule has 1 heterocycles. The third kappa shape index (κ3) is 1.95. The number of urea groups is 2. The van der Waals surface area contributed by atoms with E-state index in [2.05, 4.69) is 5.32 Å². The molecule has 6 heteroatoms. The van der Waals surface area contributed by atoms with Crippen molar-refractivity contribution in [3.05, 3.63) is 0 Å². The highest BCUT2D eigenvalue weighted by atomic mass is 16.2. The summed E-state index contributed by atoms with van der Waals surface area (Å²) in [7, 11) is 1.62. The SMILES string of the molecule is CN1CCN(C(=O)NCC=O)C1=O. The van der Waals surface area contributed by atoms with E-state index in [-0.39, 0.29) is 12.6 Å². The Kier molecular flexibility index (Phi) is 2.84. The van der Waals surface area contributed by atoms with E-state index in [0.717, 1.165) is 4.90 Å². The number of aldehydes is 1. The van der Waals surface area contributed by atoms with Gasteiger partial charge in [-0.25, -0.2) is 14.5 Å². The highest BCUT2D eigenvalue weighted by Crippen LogP contribution is 2.05. The summed E-state index contributed by atoms with van der Waals surface area (Å²) in [6.45, 7) is 0.847. The molecule has 13 heavy (non-hydrogen) atoms. The van der Waals surface area contributed by atoms with E-state index in [9.17, 15) is 14.4 Å². The number of carbonyl (C=O) groups excluding carboxylic acids is 3. The van der Waals surface area contributed by atoms with Gasteiger partial charge in [0.05, 0.1) is 6.54 Å². The summed E-state index contributed by atoms with van der Waals surface area (Å²) in [6, 6.07) is -0.843. The van der Waals surface area contributed by atoms with Crippen molar-refractivity contribution in [2.24, 2.45) is 0 Å². The normalized spacial score (nSPS) is 16.2. The van der Waals surface area contributed by atoms with Crippen LogP contribution in [0.1, 0.15) is 0 Å². The van der Waals surface area contributed by atoms with Gasteiger partial charge in [-0.3, -0.25) is 0 Å². The average molecular weight is 185 g/mol. The molecule has 0 radical (unpaired) electrons. The maximum atomic E-state index is 11.2. The Morgan fingerprint density at radius 3 is 2.77 bits per heavy atom. The van der Waals surface area contributed by atoms with E-state index < -0.39 is 6.03 Å². The van der Waals surface area contributed by atoms with Gasteiger partial charge in [0.1, 0.15) is 6.29 Å². The lowest BCUT2D eigenvalue weighted by atomic mass is 10.6. The van der Waals surface area contributed by atoms with Crippen LogP contribution in [0.25, 0.3) is 0 Å². The fraction of sp³-hybridized carbons (Fsp3) is 0.571. The monoisotopic (exact) mass is 185 g/mol. The molecule has 0 unspecified atom stereocenters. The molecule has 1 N–H and O–H groups in total. The van der Waals surface area contributed by atoms with Crippen LogP contribution in [-0.2, 0) is 4.79 Å². The number of carbonyl (C=O) groups is 3. The van der Waals surface area contributed by atoms with Gasteiger partial charge in [-0.15, -0.1) is 0 Å². The van der Waals surface area contributed by atoms with Crippen molar-refractivity contribution in [1.29, 1.82) is 0 Å². The zero-order valence-electron chi connectivity index (χ0n) is 7.32. The van der Waals surface area contributed by atoms with Gasteiger partial charge >= 0.3 is 12.1 Å². The standard InChI is InChI=1S/C7H11N3O3/c1-9-3-4-10(7(9)13)6(12)8-2-5-11/h5H,2-4H2,1H3,(H,8,12). The lowest BCUT2D eigenvalue weighted by Crippen LogP contribution is -2.42. The lowest BCUT2D eigenvalue weighted by Gasteiger charge is -2.13. The van der Waals surface area contributed by atoms with E-state index in [1.54, 1.807) is 7.05 Å². The zero-order chi connectivity index (χ0) is 9.84. The molecule has 1 saturated heterocycles. The highest BCUT2D eigenvalue weighted by Gasteiger charge is 2.30. The first kappa shape index (κ1) is 9.50. The van der Waals surface area contributed by atoms with Gasteiger partial charge in [-0.05, 0) is 0 Å². The molecule has 4 amide bonds. The molecular weight excluding hydrogens is 174 g/mol. The van der Waals surface area contributed by atoms with Crippen LogP contribution in [0.4, 0.5) is 9.59 Å². The largest absolute Gasteiger partial charge is 0.331 e. The zero-order valence-corrected chi connectivity index (χ0v) is 7.32. The number of hydrogen-bond donors (Lipinski definition) is 1. The van der Waals surface area contributed by atoms with Crippen molar-refractivity contribution >= 4 is 18.3 Å². The van der Waals surface area contributed by atoms with Gasteiger partial charge in [0, 0.05) is 20.1 Å². The van der Waals surface area contributed by atoms with Gasteiger partial charge in [0.15, 0.2) is 0 Å². The third-order valence-electron chi connectivity index (χ3n) is 1.80. The van der Waals surface area contributed by atoms with Crippen molar-refractivity contribution in [2.45, 2.75) is 0 Å². The maximum absolute atomic E-state index is 11.2. The summed E-state index contributed by atoms with van der Waals surface area (Å²) >= 11 is 0. The molecule has 0 aromatic carbocycles. The fourth-order valence-electron chi connectivity index (χ4n) is 1.06. The van der Waals surface area contributed by atoms with E-state index in [1.165, 1.54) is 4.90 Å². The quantitative estimate of drug-likeness (QED) is 0.576. The molecule has 0 aliphatic carbocycles. The Balaban J connectivity index is 2.48. The first-order chi connectivity index (χ1) is 6.16. The molecule has 1 aliphatic rings. The number of imide groups is 1. The summed E-state index contributed by atoms with van der Waals surface area (Å²) in [5, 5.41) is 2.30. The van der Waals surface area contributed by atoms with E-state index in [4.69, 9.17) is 0 Å². The molecule has 0 spiro atoms. The van der Waals surface area contributed by atoms with Gasteiger partial charge in [-0.1, -0.05) is 0 Å². The first-order valence-corrected chi connectivity index (χ1v) is 3.91. The molecule has 0 bridgehead atoms. The van der Waals surface area contributed by atoms with Crippen LogP contribution in [0, 0.1) is 0 Å². The minimum atomic E-state index is -0.513. The van der Waals surface area contributed by atoms with Crippen LogP contribution >= 0.6 is 0 Å². The third-order valence-corrected chi connectivity index (χ3v) is 1.80. The predicted octanol–water partition coefficient (Wildman–Crippen LogP) is -0.738. The Morgan fingerprint density at radius 2 is 2.31 bits per heavy atom. The molecule has 1 fully saturated rings. The van der Waals surface area contributed by atoms with Crippen molar-refractivity contribution in [3.8, 4) is 0 Å². The summed E-state index contributed by atoms with van der Waals surface area (Å²) in [5.41, 5.74) is 0. The van der Waals surface area contributed by atoms with Crippen LogP contribution in [0.3, 0.4) is 0 Å². The molecular formula is C7H11N3O3. The Labute approximate surface area is 75.5 Å². The molecule has 1 aliphatic heterocycles. The smallest absolute Gasteiger partial charge is 0.328 e. The van der Waals surface area contributed by atoms with Crippen molar-refractivity contribution in [2.75, 3.05) is 26.7 Å². The van der Waals surface area contributed by atoms with E-state index in [1.807, 2.05) is 0 Å². The second kappa shape index (κ2) is 3.88. The molecule has 6 nitrogen and oxygen atoms in total. The van der Waals surface area contributed by atoms with Crippen molar-refractivity contribution in [1.82, 2.24) is 15.1 Å². The average Bonchev–Trinajstić information content (AvgIpc) is 2.44. The number of amides is 4. The minimum absolute atomic E-state index is 0.0632. The number of hydrogen-bond acceptors (Lipinski definition) is 3. The predicted molar refractivity (Wildman–Crippen MR) is 44.2 cm³/mol. The fourth-order valence-corrected chi connectivity index (χ4v) is 1.06. The molecule has 0 aromatic rings. The van der Waals surface area contributed by atoms with Gasteiger partial charge in [0.25, 0.3) is 0 Å². The van der Waals surface area contributed by atoms with Crippen LogP contribution in [0.5, 0.6) is 0 Å². The number of nitrogens with one attached hydrogen (secondary N) is 1. The summed E-state index contributed by atoms with van der Waals surface area (Å²) < 4.78 is 0. The second-order valence-corrected chi connectivity index (χ2v) is 2.71. The maximum Gasteiger partial charge on any atom is 0.328 e. The highest BCUT2D eigenvalue weighted by molar-refractivity contribution is 5.95. The van der Waals surface area contributed by atoms with Crippen LogP contribution in [0.2, 0.25) is 0 Å². The lowest BCUT2D eigenvalue weighted by molar-refractivity contribution is -0.107. The Morgan fingerprint density at radius 1 is 1.62 bits per heavy atom. The second-order valence-electron chi connectivity index (χ2n) is 2.71. The Hall–Kier alpha value is -1.59. The summed E-state index contributed by atoms with van der Waals surface area (Å²) in [5.74, 6) is 0. The number of likely N-dealkylation sites (N-methyl/N-ethyl adjacent to an activating group) is 1. The Bertz CT molecular complexity index is 241. The molecule has 0 aromatic heterocycles. The summed E-state index contributed by atoms with van der Waals surface area (Å²) in [4.78, 5) is 34.8. The topological polar surface area (TPSA) is 69.7 Å². The molecule has 1 rings (SSSR count). The van der Waals surface area contributed by atoms with E-state index >= 15 is 0 Å². The van der Waals surface area contributed by atoms with Gasteiger partial charge < -0.3 is 15.0 Å². The van der Waals surface area contributed by atoms with Crippen molar-refractivity contribution in [3.63, 3.8) is 0 Å². The van der Waals surface area contributed by atoms with Crippen LogP contribution in [-0.4, -0.2) is 54.8 Å². The van der Waals surface area contributed by atoms with Gasteiger partial charge in [0.2, 0.25) is 0 Å². The van der Waals surface area contributed by atoms with Gasteiger partial charge in [-0.2, -0.15) is 0 Å². The van der Waals surface area contributed by atoms with Crippen LogP contribution < -0.4 is 5.32 Å². The number of rotatable bonds is 2.